The minimum atomic E-state index is -3.76. The van der Waals surface area contributed by atoms with E-state index in [9.17, 15) is 12.8 Å². The molecule has 0 amide bonds. The standard InChI is InChI=1S/C15H17FN2O2S/c1-11-7-8-15(14(17)9-11)21(19,20)18(2)10-12-5-3-4-6-13(12)16/h3-9H,10,17H2,1-2H3. The van der Waals surface area contributed by atoms with Crippen molar-refractivity contribution in [2.75, 3.05) is 12.8 Å². The number of rotatable bonds is 4. The summed E-state index contributed by atoms with van der Waals surface area (Å²) in [6.07, 6.45) is 0. The minimum absolute atomic E-state index is 0.0342. The molecule has 0 saturated heterocycles. The van der Waals surface area contributed by atoms with Gasteiger partial charge in [-0.1, -0.05) is 24.3 Å². The summed E-state index contributed by atoms with van der Waals surface area (Å²) in [7, 11) is -2.36. The molecule has 0 spiro atoms. The quantitative estimate of drug-likeness (QED) is 0.883. The number of nitrogens with two attached hydrogens (primary N) is 1. The van der Waals surface area contributed by atoms with Gasteiger partial charge in [-0.2, -0.15) is 4.31 Å². The number of anilines is 1. The predicted molar refractivity (Wildman–Crippen MR) is 80.6 cm³/mol. The smallest absolute Gasteiger partial charge is 0.245 e. The molecule has 112 valence electrons. The number of nitrogens with zero attached hydrogens (tertiary/aromatic N) is 1. The summed E-state index contributed by atoms with van der Waals surface area (Å²) in [5.74, 6) is -0.434. The fraction of sp³-hybridized carbons (Fsp3) is 0.200. The zero-order valence-corrected chi connectivity index (χ0v) is 12.7. The van der Waals surface area contributed by atoms with Crippen LogP contribution in [0, 0.1) is 12.7 Å². The predicted octanol–water partition coefficient (Wildman–Crippen LogP) is 2.54. The van der Waals surface area contributed by atoms with Gasteiger partial charge >= 0.3 is 0 Å². The summed E-state index contributed by atoms with van der Waals surface area (Å²) in [4.78, 5) is 0.0342. The first-order valence-corrected chi connectivity index (χ1v) is 7.82. The Bertz CT molecular complexity index is 760. The number of hydrogen-bond acceptors (Lipinski definition) is 3. The average molecular weight is 308 g/mol. The van der Waals surface area contributed by atoms with E-state index < -0.39 is 15.8 Å². The topological polar surface area (TPSA) is 63.4 Å². The summed E-state index contributed by atoms with van der Waals surface area (Å²) in [6.45, 7) is 1.78. The van der Waals surface area contributed by atoms with Crippen molar-refractivity contribution in [2.45, 2.75) is 18.4 Å². The third kappa shape index (κ3) is 3.22. The first kappa shape index (κ1) is 15.5. The van der Waals surface area contributed by atoms with Crippen molar-refractivity contribution in [3.05, 3.63) is 59.4 Å². The Hall–Kier alpha value is -1.92. The van der Waals surface area contributed by atoms with Gasteiger partial charge in [0, 0.05) is 19.2 Å². The first-order valence-electron chi connectivity index (χ1n) is 6.38. The molecule has 2 rings (SSSR count). The highest BCUT2D eigenvalue weighted by Gasteiger charge is 2.24. The summed E-state index contributed by atoms with van der Waals surface area (Å²) in [5.41, 5.74) is 7.17. The molecule has 2 N–H and O–H groups in total. The van der Waals surface area contributed by atoms with Gasteiger partial charge in [-0.05, 0) is 30.7 Å². The number of benzene rings is 2. The Labute approximate surface area is 124 Å². The molecule has 0 saturated carbocycles. The molecule has 4 nitrogen and oxygen atoms in total. The lowest BCUT2D eigenvalue weighted by molar-refractivity contribution is 0.456. The van der Waals surface area contributed by atoms with Crippen LogP contribution in [0.3, 0.4) is 0 Å². The van der Waals surface area contributed by atoms with Crippen LogP contribution in [0.5, 0.6) is 0 Å². The Morgan fingerprint density at radius 1 is 1.19 bits per heavy atom. The SMILES string of the molecule is Cc1ccc(S(=O)(=O)N(C)Cc2ccccc2F)c(N)c1. The Kier molecular flexibility index (Phi) is 4.29. The highest BCUT2D eigenvalue weighted by atomic mass is 32.2. The lowest BCUT2D eigenvalue weighted by Crippen LogP contribution is -2.27. The Morgan fingerprint density at radius 3 is 2.48 bits per heavy atom. The van der Waals surface area contributed by atoms with Gasteiger partial charge in [-0.3, -0.25) is 0 Å². The second-order valence-corrected chi connectivity index (χ2v) is 6.91. The van der Waals surface area contributed by atoms with E-state index in [1.165, 1.54) is 19.2 Å². The van der Waals surface area contributed by atoms with Gasteiger partial charge in [0.2, 0.25) is 10.0 Å². The molecule has 0 bridgehead atoms. The highest BCUT2D eigenvalue weighted by molar-refractivity contribution is 7.89. The molecule has 0 fully saturated rings. The number of nitrogen functional groups attached to an aromatic ring is 1. The van der Waals surface area contributed by atoms with Gasteiger partial charge in [0.25, 0.3) is 0 Å². The number of sulfonamides is 1. The molecule has 0 aliphatic rings. The number of hydrogen-bond donors (Lipinski definition) is 1. The van der Waals surface area contributed by atoms with Gasteiger partial charge in [0.1, 0.15) is 10.7 Å². The number of aryl methyl sites for hydroxylation is 1. The van der Waals surface area contributed by atoms with Crippen LogP contribution in [0.2, 0.25) is 0 Å². The molecule has 0 heterocycles. The molecular formula is C15H17FN2O2S. The third-order valence-electron chi connectivity index (χ3n) is 3.20. The van der Waals surface area contributed by atoms with Gasteiger partial charge in [-0.15, -0.1) is 0 Å². The zero-order valence-electron chi connectivity index (χ0n) is 11.9. The van der Waals surface area contributed by atoms with Gasteiger partial charge in [0.15, 0.2) is 0 Å². The van der Waals surface area contributed by atoms with E-state index in [-0.39, 0.29) is 17.1 Å². The molecule has 0 atom stereocenters. The first-order chi connectivity index (χ1) is 9.82. The summed E-state index contributed by atoms with van der Waals surface area (Å²) < 4.78 is 39.7. The lowest BCUT2D eigenvalue weighted by atomic mass is 10.2. The van der Waals surface area contributed by atoms with Crippen molar-refractivity contribution in [2.24, 2.45) is 0 Å². The van der Waals surface area contributed by atoms with E-state index in [1.807, 2.05) is 6.92 Å². The summed E-state index contributed by atoms with van der Waals surface area (Å²) in [5, 5.41) is 0. The Morgan fingerprint density at radius 2 is 1.86 bits per heavy atom. The maximum absolute atomic E-state index is 13.6. The zero-order chi connectivity index (χ0) is 15.6. The van der Waals surface area contributed by atoms with E-state index >= 15 is 0 Å². The monoisotopic (exact) mass is 308 g/mol. The van der Waals surface area contributed by atoms with Crippen molar-refractivity contribution < 1.29 is 12.8 Å². The van der Waals surface area contributed by atoms with Crippen LogP contribution in [0.4, 0.5) is 10.1 Å². The highest BCUT2D eigenvalue weighted by Crippen LogP contribution is 2.24. The van der Waals surface area contributed by atoms with Crippen molar-refractivity contribution in [1.29, 1.82) is 0 Å². The van der Waals surface area contributed by atoms with E-state index in [4.69, 9.17) is 5.73 Å². The molecule has 6 heteroatoms. The molecule has 0 aliphatic carbocycles. The van der Waals surface area contributed by atoms with Crippen molar-refractivity contribution in [3.8, 4) is 0 Å². The van der Waals surface area contributed by atoms with Crippen LogP contribution in [-0.4, -0.2) is 19.8 Å². The molecule has 0 aliphatic heterocycles. The maximum atomic E-state index is 13.6. The van der Waals surface area contributed by atoms with Crippen molar-refractivity contribution in [1.82, 2.24) is 4.31 Å². The van der Waals surface area contributed by atoms with Crippen LogP contribution < -0.4 is 5.73 Å². The summed E-state index contributed by atoms with van der Waals surface area (Å²) >= 11 is 0. The normalized spacial score (nSPS) is 11.8. The Balaban J connectivity index is 2.33. The molecular weight excluding hydrogens is 291 g/mol. The fourth-order valence-corrected chi connectivity index (χ4v) is 3.26. The second-order valence-electron chi connectivity index (χ2n) is 4.89. The lowest BCUT2D eigenvalue weighted by Gasteiger charge is -2.19. The van der Waals surface area contributed by atoms with Gasteiger partial charge in [0.05, 0.1) is 5.69 Å². The maximum Gasteiger partial charge on any atom is 0.245 e. The van der Waals surface area contributed by atoms with E-state index in [0.29, 0.717) is 5.56 Å². The molecule has 0 unspecified atom stereocenters. The number of halogens is 1. The fourth-order valence-electron chi connectivity index (χ4n) is 2.02. The van der Waals surface area contributed by atoms with E-state index in [1.54, 1.807) is 30.3 Å². The van der Waals surface area contributed by atoms with Crippen LogP contribution in [0.15, 0.2) is 47.4 Å². The van der Waals surface area contributed by atoms with Gasteiger partial charge in [-0.25, -0.2) is 12.8 Å². The summed E-state index contributed by atoms with van der Waals surface area (Å²) in [6, 6.07) is 10.8. The average Bonchev–Trinajstić information content (AvgIpc) is 2.40. The van der Waals surface area contributed by atoms with Crippen LogP contribution in [-0.2, 0) is 16.6 Å². The molecule has 0 radical (unpaired) electrons. The molecule has 2 aromatic carbocycles. The van der Waals surface area contributed by atoms with Crippen LogP contribution in [0.25, 0.3) is 0 Å². The van der Waals surface area contributed by atoms with E-state index in [0.717, 1.165) is 9.87 Å². The third-order valence-corrected chi connectivity index (χ3v) is 5.08. The largest absolute Gasteiger partial charge is 0.398 e. The second kappa shape index (κ2) is 5.83. The minimum Gasteiger partial charge on any atom is -0.398 e. The molecule has 21 heavy (non-hydrogen) atoms. The van der Waals surface area contributed by atoms with Crippen molar-refractivity contribution >= 4 is 15.7 Å². The van der Waals surface area contributed by atoms with Crippen molar-refractivity contribution in [3.63, 3.8) is 0 Å². The van der Waals surface area contributed by atoms with Crippen LogP contribution >= 0.6 is 0 Å². The molecule has 0 aromatic heterocycles. The van der Waals surface area contributed by atoms with Crippen LogP contribution in [0.1, 0.15) is 11.1 Å². The molecule has 2 aromatic rings. The van der Waals surface area contributed by atoms with Gasteiger partial charge < -0.3 is 5.73 Å². The van der Waals surface area contributed by atoms with E-state index in [2.05, 4.69) is 0 Å².